The van der Waals surface area contributed by atoms with Crippen LogP contribution in [0.25, 0.3) is 0 Å². The molecular weight excluding hydrogens is 122 g/mol. The molecular formula is C9H19N. The van der Waals surface area contributed by atoms with Gasteiger partial charge in [0.05, 0.1) is 0 Å². The smallest absolute Gasteiger partial charge is 0.00697 e. The van der Waals surface area contributed by atoms with Crippen LogP contribution in [0.1, 0.15) is 33.6 Å². The minimum absolute atomic E-state index is 0.535. The minimum atomic E-state index is 0.535. The van der Waals surface area contributed by atoms with Gasteiger partial charge in [-0.05, 0) is 31.2 Å². The van der Waals surface area contributed by atoms with Crippen LogP contribution in [0.2, 0.25) is 0 Å². The zero-order valence-electron chi connectivity index (χ0n) is 7.57. The lowest BCUT2D eigenvalue weighted by Crippen LogP contribution is -2.44. The maximum absolute atomic E-state index is 3.30. The maximum atomic E-state index is 3.30. The van der Waals surface area contributed by atoms with E-state index in [-0.39, 0.29) is 0 Å². The van der Waals surface area contributed by atoms with Gasteiger partial charge in [-0.25, -0.2) is 0 Å². The fourth-order valence-electron chi connectivity index (χ4n) is 1.56. The molecule has 0 spiro atoms. The predicted octanol–water partition coefficient (Wildman–Crippen LogP) is 2.03. The normalized spacial score (nSPS) is 33.6. The third kappa shape index (κ3) is 1.51. The fourth-order valence-corrected chi connectivity index (χ4v) is 1.56. The first kappa shape index (κ1) is 8.06. The van der Waals surface area contributed by atoms with Gasteiger partial charge in [-0.15, -0.1) is 0 Å². The summed E-state index contributed by atoms with van der Waals surface area (Å²) in [5.74, 6) is 0.949. The Bertz CT molecular complexity index is 106. The van der Waals surface area contributed by atoms with Crippen molar-refractivity contribution < 1.29 is 0 Å². The van der Waals surface area contributed by atoms with E-state index in [2.05, 4.69) is 33.1 Å². The molecule has 1 aliphatic rings. The van der Waals surface area contributed by atoms with Crippen LogP contribution in [0.3, 0.4) is 0 Å². The topological polar surface area (TPSA) is 12.0 Å². The third-order valence-corrected chi connectivity index (χ3v) is 2.77. The Morgan fingerprint density at radius 2 is 1.70 bits per heavy atom. The molecule has 0 aromatic rings. The summed E-state index contributed by atoms with van der Waals surface area (Å²) >= 11 is 0. The molecule has 60 valence electrons. The molecule has 1 saturated carbocycles. The molecule has 0 aromatic heterocycles. The SMILES string of the molecule is CN[C@H]1C[C@@H](C(C)(C)C)C1. The highest BCUT2D eigenvalue weighted by molar-refractivity contribution is 4.90. The van der Waals surface area contributed by atoms with E-state index in [1.807, 2.05) is 0 Å². The van der Waals surface area contributed by atoms with Gasteiger partial charge in [0.2, 0.25) is 0 Å². The Balaban J connectivity index is 2.26. The Hall–Kier alpha value is -0.0400. The van der Waals surface area contributed by atoms with Gasteiger partial charge in [0.1, 0.15) is 0 Å². The average Bonchev–Trinajstić information content (AvgIpc) is 1.57. The van der Waals surface area contributed by atoms with E-state index in [4.69, 9.17) is 0 Å². The average molecular weight is 141 g/mol. The Morgan fingerprint density at radius 1 is 1.20 bits per heavy atom. The molecule has 0 bridgehead atoms. The second-order valence-corrected chi connectivity index (χ2v) is 4.52. The van der Waals surface area contributed by atoms with Gasteiger partial charge in [-0.1, -0.05) is 20.8 Å². The number of hydrogen-bond acceptors (Lipinski definition) is 1. The van der Waals surface area contributed by atoms with Crippen LogP contribution >= 0.6 is 0 Å². The molecule has 1 rings (SSSR count). The molecule has 1 fully saturated rings. The lowest BCUT2D eigenvalue weighted by atomic mass is 9.66. The largest absolute Gasteiger partial charge is 0.317 e. The summed E-state index contributed by atoms with van der Waals surface area (Å²) in [6, 6.07) is 0.809. The third-order valence-electron chi connectivity index (χ3n) is 2.77. The van der Waals surface area contributed by atoms with Crippen molar-refractivity contribution in [1.29, 1.82) is 0 Å². The van der Waals surface area contributed by atoms with Gasteiger partial charge in [0.25, 0.3) is 0 Å². The summed E-state index contributed by atoms with van der Waals surface area (Å²) in [5, 5.41) is 3.30. The van der Waals surface area contributed by atoms with Crippen molar-refractivity contribution in [2.45, 2.75) is 39.7 Å². The van der Waals surface area contributed by atoms with E-state index in [1.54, 1.807) is 0 Å². The fraction of sp³-hybridized carbons (Fsp3) is 1.00. The van der Waals surface area contributed by atoms with Crippen LogP contribution in [-0.2, 0) is 0 Å². The molecule has 0 aliphatic heterocycles. The van der Waals surface area contributed by atoms with E-state index >= 15 is 0 Å². The van der Waals surface area contributed by atoms with Gasteiger partial charge >= 0.3 is 0 Å². The standard InChI is InChI=1S/C9H19N/c1-9(2,3)7-5-8(6-7)10-4/h7-8,10H,5-6H2,1-4H3/t7-,8+. The van der Waals surface area contributed by atoms with E-state index in [9.17, 15) is 0 Å². The number of rotatable bonds is 1. The molecule has 0 radical (unpaired) electrons. The van der Waals surface area contributed by atoms with Crippen molar-refractivity contribution in [3.05, 3.63) is 0 Å². The molecule has 1 nitrogen and oxygen atoms in total. The maximum Gasteiger partial charge on any atom is 0.00697 e. The lowest BCUT2D eigenvalue weighted by molar-refractivity contribution is 0.103. The summed E-state index contributed by atoms with van der Waals surface area (Å²) in [7, 11) is 2.06. The Morgan fingerprint density at radius 3 is 2.00 bits per heavy atom. The second kappa shape index (κ2) is 2.54. The molecule has 1 aliphatic carbocycles. The first-order chi connectivity index (χ1) is 4.54. The van der Waals surface area contributed by atoms with E-state index < -0.39 is 0 Å². The monoisotopic (exact) mass is 141 g/mol. The number of nitrogens with one attached hydrogen (secondary N) is 1. The van der Waals surface area contributed by atoms with E-state index in [1.165, 1.54) is 12.8 Å². The molecule has 1 N–H and O–H groups in total. The molecule has 0 heterocycles. The highest BCUT2D eigenvalue weighted by Crippen LogP contribution is 2.41. The minimum Gasteiger partial charge on any atom is -0.317 e. The Kier molecular flexibility index (Phi) is 2.04. The van der Waals surface area contributed by atoms with Crippen molar-refractivity contribution in [3.63, 3.8) is 0 Å². The van der Waals surface area contributed by atoms with Crippen molar-refractivity contribution in [2.75, 3.05) is 7.05 Å². The van der Waals surface area contributed by atoms with Crippen molar-refractivity contribution in [1.82, 2.24) is 5.32 Å². The van der Waals surface area contributed by atoms with E-state index in [0.717, 1.165) is 12.0 Å². The van der Waals surface area contributed by atoms with Crippen molar-refractivity contribution >= 4 is 0 Å². The quantitative estimate of drug-likeness (QED) is 0.589. The van der Waals surface area contributed by atoms with Gasteiger partial charge < -0.3 is 5.32 Å². The van der Waals surface area contributed by atoms with Crippen LogP contribution in [0.4, 0.5) is 0 Å². The van der Waals surface area contributed by atoms with Crippen LogP contribution in [0, 0.1) is 11.3 Å². The van der Waals surface area contributed by atoms with Crippen molar-refractivity contribution in [3.8, 4) is 0 Å². The Labute approximate surface area is 64.2 Å². The zero-order chi connectivity index (χ0) is 7.78. The molecule has 0 unspecified atom stereocenters. The van der Waals surface area contributed by atoms with Gasteiger partial charge in [-0.2, -0.15) is 0 Å². The zero-order valence-corrected chi connectivity index (χ0v) is 7.57. The van der Waals surface area contributed by atoms with Crippen LogP contribution in [-0.4, -0.2) is 13.1 Å². The molecule has 0 aromatic carbocycles. The van der Waals surface area contributed by atoms with Crippen LogP contribution < -0.4 is 5.32 Å². The predicted molar refractivity (Wildman–Crippen MR) is 45.0 cm³/mol. The molecule has 0 amide bonds. The first-order valence-corrected chi connectivity index (χ1v) is 4.21. The molecule has 10 heavy (non-hydrogen) atoms. The molecule has 1 heteroatoms. The highest BCUT2D eigenvalue weighted by Gasteiger charge is 2.35. The van der Waals surface area contributed by atoms with Crippen LogP contribution in [0.15, 0.2) is 0 Å². The molecule has 0 atom stereocenters. The van der Waals surface area contributed by atoms with Gasteiger partial charge in [0.15, 0.2) is 0 Å². The summed E-state index contributed by atoms with van der Waals surface area (Å²) in [6.07, 6.45) is 2.75. The summed E-state index contributed by atoms with van der Waals surface area (Å²) in [4.78, 5) is 0. The van der Waals surface area contributed by atoms with E-state index in [0.29, 0.717) is 5.41 Å². The van der Waals surface area contributed by atoms with Gasteiger partial charge in [0, 0.05) is 6.04 Å². The van der Waals surface area contributed by atoms with Crippen LogP contribution in [0.5, 0.6) is 0 Å². The molecule has 0 saturated heterocycles. The second-order valence-electron chi connectivity index (χ2n) is 4.52. The summed E-state index contributed by atoms with van der Waals surface area (Å²) in [5.41, 5.74) is 0.535. The van der Waals surface area contributed by atoms with Gasteiger partial charge in [-0.3, -0.25) is 0 Å². The summed E-state index contributed by atoms with van der Waals surface area (Å²) in [6.45, 7) is 7.01. The number of hydrogen-bond donors (Lipinski definition) is 1. The lowest BCUT2D eigenvalue weighted by Gasteiger charge is -2.43. The summed E-state index contributed by atoms with van der Waals surface area (Å²) < 4.78 is 0. The highest BCUT2D eigenvalue weighted by atomic mass is 14.9. The van der Waals surface area contributed by atoms with Crippen molar-refractivity contribution in [2.24, 2.45) is 11.3 Å². The first-order valence-electron chi connectivity index (χ1n) is 4.21.